The van der Waals surface area contributed by atoms with E-state index in [0.717, 1.165) is 12.8 Å². The molecule has 0 radical (unpaired) electrons. The van der Waals surface area contributed by atoms with E-state index in [4.69, 9.17) is 11.1 Å². The number of carboxylic acids is 1. The maximum atomic E-state index is 13.6. The zero-order chi connectivity index (χ0) is 32.2. The second-order valence-corrected chi connectivity index (χ2v) is 15.5. The van der Waals surface area contributed by atoms with E-state index in [0.29, 0.717) is 32.5 Å². The Bertz CT molecular complexity index is 1350. The second kappa shape index (κ2) is 12.2. The molecule has 16 heteroatoms. The first-order valence-electron chi connectivity index (χ1n) is 15.8. The van der Waals surface area contributed by atoms with E-state index < -0.39 is 17.9 Å². The number of tetrazole rings is 1. The summed E-state index contributed by atoms with van der Waals surface area (Å²) in [7, 11) is 0. The first kappa shape index (κ1) is 31.9. The van der Waals surface area contributed by atoms with E-state index in [-0.39, 0.29) is 94.7 Å². The number of carbonyl (C=O) groups is 4. The number of nitrogens with two attached hydrogens (primary N) is 1. The van der Waals surface area contributed by atoms with Gasteiger partial charge in [0.25, 0.3) is 0 Å². The van der Waals surface area contributed by atoms with Crippen LogP contribution in [0.25, 0.3) is 0 Å². The predicted molar refractivity (Wildman–Crippen MR) is 162 cm³/mol. The van der Waals surface area contributed by atoms with Gasteiger partial charge in [0, 0.05) is 54.4 Å². The number of hydrogen-bond donors (Lipinski definition) is 5. The van der Waals surface area contributed by atoms with Gasteiger partial charge in [-0.05, 0) is 53.4 Å². The van der Waals surface area contributed by atoms with Crippen molar-refractivity contribution in [3.05, 3.63) is 6.33 Å². The van der Waals surface area contributed by atoms with Gasteiger partial charge in [0.15, 0.2) is 5.78 Å². The van der Waals surface area contributed by atoms with Gasteiger partial charge in [0.05, 0.1) is 24.4 Å². The van der Waals surface area contributed by atoms with Gasteiger partial charge in [0.1, 0.15) is 18.9 Å². The van der Waals surface area contributed by atoms with Gasteiger partial charge < -0.3 is 31.1 Å². The molecule has 3 unspecified atom stereocenters. The highest BCUT2D eigenvalue weighted by atomic mass is 32.2. The lowest BCUT2D eigenvalue weighted by Gasteiger charge is -2.48. The lowest BCUT2D eigenvalue weighted by atomic mass is 9.73. The molecule has 246 valence electrons. The van der Waals surface area contributed by atoms with Crippen molar-refractivity contribution in [1.82, 2.24) is 35.3 Å². The number of carboxylic acid groups (broad SMARTS) is 1. The average molecular weight is 646 g/mol. The fourth-order valence-electron chi connectivity index (χ4n) is 9.09. The number of amidine groups is 1. The van der Waals surface area contributed by atoms with Crippen molar-refractivity contribution in [1.29, 1.82) is 5.41 Å². The minimum atomic E-state index is -1.03. The van der Waals surface area contributed by atoms with Gasteiger partial charge in [0.2, 0.25) is 11.8 Å². The summed E-state index contributed by atoms with van der Waals surface area (Å²) in [6, 6.07) is -1.60. The molecule has 4 saturated heterocycles. The molecule has 6 N–H and O–H groups in total. The minimum absolute atomic E-state index is 0.00430. The summed E-state index contributed by atoms with van der Waals surface area (Å²) < 4.78 is 1.34. The van der Waals surface area contributed by atoms with Crippen molar-refractivity contribution in [2.24, 2.45) is 40.7 Å². The highest BCUT2D eigenvalue weighted by molar-refractivity contribution is 8.00. The Morgan fingerprint density at radius 2 is 2.09 bits per heavy atom. The topological polar surface area (TPSA) is 221 Å². The summed E-state index contributed by atoms with van der Waals surface area (Å²) in [5, 5.41) is 42.0. The highest BCUT2D eigenvalue weighted by Crippen LogP contribution is 2.53. The number of hydrogen-bond acceptors (Lipinski definition) is 11. The number of β-lactam (4-membered cyclic amide) rings is 1. The van der Waals surface area contributed by atoms with Crippen LogP contribution in [-0.2, 0) is 25.7 Å². The summed E-state index contributed by atoms with van der Waals surface area (Å²) in [5.41, 5.74) is 5.28. The molecule has 0 aromatic carbocycles. The standard InChI is InChI=1S/C29H43N9O6S/c1-14(3-18(40)10-37-13-33-34-35-37)22-23-15(2)25(24(28(43)44)38(23)27(22)42)45-19-6-20(32-8-19)26(41)36-9-17-4-16(5-21(30)31)7-29(17,11-36)12-39/h13-17,19-20,22-25,32,39H,3-12H2,1-2H3,(H3,30,31)(H,43,44)/t14-,15+,16-,17?,19-,20-,22+,23+,24?,25?,29+/m0/s1. The Balaban J connectivity index is 1.05. The van der Waals surface area contributed by atoms with Crippen molar-refractivity contribution < 1.29 is 29.4 Å². The third-order valence-corrected chi connectivity index (χ3v) is 12.8. The van der Waals surface area contributed by atoms with Crippen LogP contribution in [0.15, 0.2) is 6.33 Å². The molecular formula is C29H43N9O6S. The van der Waals surface area contributed by atoms with Gasteiger partial charge in [-0.1, -0.05) is 13.8 Å². The zero-order valence-electron chi connectivity index (χ0n) is 25.6. The number of nitrogens with one attached hydrogen (secondary N) is 2. The largest absolute Gasteiger partial charge is 0.480 e. The van der Waals surface area contributed by atoms with Gasteiger partial charge in [-0.3, -0.25) is 19.8 Å². The highest BCUT2D eigenvalue weighted by Gasteiger charge is 2.65. The maximum Gasteiger partial charge on any atom is 0.327 e. The number of fused-ring (bicyclic) bond motifs is 2. The Hall–Kier alpha value is -3.11. The average Bonchev–Trinajstić information content (AvgIpc) is 3.78. The number of rotatable bonds is 12. The van der Waals surface area contributed by atoms with E-state index in [1.165, 1.54) is 15.9 Å². The van der Waals surface area contributed by atoms with Gasteiger partial charge in [-0.15, -0.1) is 5.10 Å². The summed E-state index contributed by atoms with van der Waals surface area (Å²) in [6.45, 7) is 5.53. The van der Waals surface area contributed by atoms with Crippen LogP contribution in [-0.4, -0.2) is 124 Å². The summed E-state index contributed by atoms with van der Waals surface area (Å²) in [5.74, 6) is -1.51. The Kier molecular flexibility index (Phi) is 8.67. The quantitative estimate of drug-likeness (QED) is 0.107. The van der Waals surface area contributed by atoms with Crippen LogP contribution in [0.4, 0.5) is 0 Å². The molecule has 6 rings (SSSR count). The van der Waals surface area contributed by atoms with Crippen molar-refractivity contribution in [2.45, 2.75) is 81.1 Å². The number of thioether (sulfide) groups is 1. The summed E-state index contributed by atoms with van der Waals surface area (Å²) in [4.78, 5) is 55.4. The maximum absolute atomic E-state index is 13.6. The number of aliphatic carboxylic acids is 1. The van der Waals surface area contributed by atoms with E-state index >= 15 is 0 Å². The Morgan fingerprint density at radius 3 is 2.73 bits per heavy atom. The third kappa shape index (κ3) is 5.73. The lowest BCUT2D eigenvalue weighted by Crippen LogP contribution is -2.64. The van der Waals surface area contributed by atoms with Crippen LogP contribution in [0.5, 0.6) is 0 Å². The number of aromatic nitrogens is 4. The zero-order valence-corrected chi connectivity index (χ0v) is 26.4. The minimum Gasteiger partial charge on any atom is -0.480 e. The third-order valence-electron chi connectivity index (χ3n) is 11.0. The molecule has 4 aliphatic heterocycles. The summed E-state index contributed by atoms with van der Waals surface area (Å²) in [6.07, 6.45) is 4.22. The van der Waals surface area contributed by atoms with Crippen LogP contribution >= 0.6 is 11.8 Å². The van der Waals surface area contributed by atoms with Crippen molar-refractivity contribution in [2.75, 3.05) is 26.2 Å². The molecule has 5 aliphatic rings. The van der Waals surface area contributed by atoms with Crippen molar-refractivity contribution in [3.63, 3.8) is 0 Å². The molecule has 15 nitrogen and oxygen atoms in total. The van der Waals surface area contributed by atoms with E-state index in [9.17, 15) is 29.4 Å². The smallest absolute Gasteiger partial charge is 0.327 e. The van der Waals surface area contributed by atoms with Crippen LogP contribution < -0.4 is 11.1 Å². The molecule has 1 aliphatic carbocycles. The number of nitrogens with zero attached hydrogens (tertiary/aromatic N) is 6. The van der Waals surface area contributed by atoms with E-state index in [2.05, 4.69) is 20.8 Å². The number of carbonyl (C=O) groups excluding carboxylic acids is 3. The fraction of sp³-hybridized carbons (Fsp3) is 0.793. The molecule has 0 bridgehead atoms. The molecule has 1 saturated carbocycles. The van der Waals surface area contributed by atoms with Crippen LogP contribution in [0, 0.1) is 40.4 Å². The lowest BCUT2D eigenvalue weighted by molar-refractivity contribution is -0.168. The van der Waals surface area contributed by atoms with Crippen LogP contribution in [0.1, 0.15) is 46.0 Å². The Labute approximate surface area is 265 Å². The molecule has 1 aromatic rings. The van der Waals surface area contributed by atoms with E-state index in [1.807, 2.05) is 18.7 Å². The molecule has 45 heavy (non-hydrogen) atoms. The number of Topliss-reactive ketones (excluding diaryl/α,β-unsaturated/α-hetero) is 1. The second-order valence-electron chi connectivity index (χ2n) is 14.0. The molecule has 5 heterocycles. The van der Waals surface area contributed by atoms with Gasteiger partial charge in [-0.2, -0.15) is 11.8 Å². The normalized spacial score (nSPS) is 37.8. The number of ketones is 1. The SMILES string of the molecule is C[C@@H](CC(=O)Cn1cnnn1)[C@H]1C(=O)N2C(C(=O)O)C(S[C@@H]3CN[C@H](C(=O)N4CC5C[C@@H](CC(=N)N)C[C@]5(CO)C4)C3)[C@H](C)[C@H]12. The molecule has 5 fully saturated rings. The van der Waals surface area contributed by atoms with Gasteiger partial charge in [-0.25, -0.2) is 9.48 Å². The van der Waals surface area contributed by atoms with Crippen molar-refractivity contribution >= 4 is 41.2 Å². The van der Waals surface area contributed by atoms with E-state index in [1.54, 1.807) is 11.8 Å². The Morgan fingerprint density at radius 1 is 1.31 bits per heavy atom. The first-order chi connectivity index (χ1) is 21.4. The van der Waals surface area contributed by atoms with Crippen LogP contribution in [0.2, 0.25) is 0 Å². The van der Waals surface area contributed by atoms with Gasteiger partial charge >= 0.3 is 5.97 Å². The monoisotopic (exact) mass is 645 g/mol. The summed E-state index contributed by atoms with van der Waals surface area (Å²) >= 11 is 1.56. The number of amides is 2. The van der Waals surface area contributed by atoms with Crippen LogP contribution in [0.3, 0.4) is 0 Å². The first-order valence-corrected chi connectivity index (χ1v) is 16.8. The molecule has 0 spiro atoms. The molecule has 1 aromatic heterocycles. The molecular weight excluding hydrogens is 602 g/mol. The number of aliphatic hydroxyl groups excluding tert-OH is 1. The van der Waals surface area contributed by atoms with Crippen molar-refractivity contribution in [3.8, 4) is 0 Å². The molecule has 11 atom stereocenters. The molecule has 2 amide bonds. The fourth-order valence-corrected chi connectivity index (χ4v) is 10.8. The predicted octanol–water partition coefficient (Wildman–Crippen LogP) is -0.796. The number of aliphatic hydroxyl groups is 1. The number of likely N-dealkylation sites (tertiary alicyclic amines) is 1.